The summed E-state index contributed by atoms with van der Waals surface area (Å²) < 4.78 is 25.1. The van der Waals surface area contributed by atoms with Gasteiger partial charge in [-0.3, -0.25) is 0 Å². The quantitative estimate of drug-likeness (QED) is 0.864. The topological polar surface area (TPSA) is 71.4 Å². The van der Waals surface area contributed by atoms with Crippen LogP contribution in [-0.4, -0.2) is 24.7 Å². The van der Waals surface area contributed by atoms with Crippen molar-refractivity contribution >= 4 is 15.8 Å². The number of carboxylic acid groups (broad SMARTS) is 1. The van der Waals surface area contributed by atoms with Crippen molar-refractivity contribution in [1.29, 1.82) is 0 Å². The van der Waals surface area contributed by atoms with Gasteiger partial charge in [0.15, 0.2) is 9.84 Å². The van der Waals surface area contributed by atoms with E-state index in [0.29, 0.717) is 12.0 Å². The van der Waals surface area contributed by atoms with Gasteiger partial charge in [0.2, 0.25) is 0 Å². The minimum Gasteiger partial charge on any atom is -0.478 e. The van der Waals surface area contributed by atoms with E-state index in [9.17, 15) is 13.2 Å². The highest BCUT2D eigenvalue weighted by atomic mass is 32.2. The van der Waals surface area contributed by atoms with Crippen LogP contribution in [0.4, 0.5) is 0 Å². The number of carboxylic acids is 1. The average Bonchev–Trinajstić information content (AvgIpc) is 2.39. The maximum absolute atomic E-state index is 12.5. The minimum atomic E-state index is -3.50. The third kappa shape index (κ3) is 2.56. The summed E-state index contributed by atoms with van der Waals surface area (Å²) in [6, 6.07) is 4.39. The lowest BCUT2D eigenvalue weighted by atomic mass is 10.1. The molecule has 102 valence electrons. The van der Waals surface area contributed by atoms with Crippen molar-refractivity contribution in [2.45, 2.75) is 36.3 Å². The number of carbonyl (C=O) groups is 1. The molecule has 0 radical (unpaired) electrons. The second-order valence-electron chi connectivity index (χ2n) is 4.68. The molecule has 1 atom stereocenters. The molecular formula is C14H16O4S. The summed E-state index contributed by atoms with van der Waals surface area (Å²) in [4.78, 5) is 11.2. The molecule has 2 rings (SSSR count). The van der Waals surface area contributed by atoms with Gasteiger partial charge in [0.1, 0.15) is 0 Å². The van der Waals surface area contributed by atoms with Crippen LogP contribution < -0.4 is 0 Å². The van der Waals surface area contributed by atoms with Crippen molar-refractivity contribution in [3.63, 3.8) is 0 Å². The predicted octanol–water partition coefficient (Wildman–Crippen LogP) is 2.58. The zero-order valence-corrected chi connectivity index (χ0v) is 11.5. The number of rotatable bonds is 3. The molecule has 0 amide bonds. The van der Waals surface area contributed by atoms with Gasteiger partial charge in [-0.15, -0.1) is 0 Å². The predicted molar refractivity (Wildman–Crippen MR) is 72.1 cm³/mol. The lowest BCUT2D eigenvalue weighted by Crippen LogP contribution is -2.22. The molecule has 0 aliphatic heterocycles. The molecule has 1 aliphatic rings. The molecule has 1 N–H and O–H groups in total. The van der Waals surface area contributed by atoms with E-state index >= 15 is 0 Å². The van der Waals surface area contributed by atoms with Crippen LogP contribution in [0.15, 0.2) is 35.2 Å². The summed E-state index contributed by atoms with van der Waals surface area (Å²) in [6.07, 6.45) is 5.93. The Morgan fingerprint density at radius 1 is 1.37 bits per heavy atom. The number of hydrogen-bond donors (Lipinski definition) is 1. The van der Waals surface area contributed by atoms with Gasteiger partial charge in [0.05, 0.1) is 15.7 Å². The Morgan fingerprint density at radius 3 is 2.68 bits per heavy atom. The summed E-state index contributed by atoms with van der Waals surface area (Å²) in [6.45, 7) is 1.54. The van der Waals surface area contributed by atoms with Crippen LogP contribution >= 0.6 is 0 Å². The highest BCUT2D eigenvalue weighted by Crippen LogP contribution is 2.28. The summed E-state index contributed by atoms with van der Waals surface area (Å²) in [5.41, 5.74) is 0.356. The third-order valence-corrected chi connectivity index (χ3v) is 5.68. The lowest BCUT2D eigenvalue weighted by Gasteiger charge is -2.18. The van der Waals surface area contributed by atoms with Gasteiger partial charge < -0.3 is 5.11 Å². The van der Waals surface area contributed by atoms with Crippen LogP contribution in [0.2, 0.25) is 0 Å². The molecule has 1 aliphatic carbocycles. The van der Waals surface area contributed by atoms with Gasteiger partial charge >= 0.3 is 5.97 Å². The monoisotopic (exact) mass is 280 g/mol. The Balaban J connectivity index is 2.52. The van der Waals surface area contributed by atoms with Gasteiger partial charge in [0.25, 0.3) is 0 Å². The van der Waals surface area contributed by atoms with E-state index in [0.717, 1.165) is 12.8 Å². The molecule has 1 aromatic carbocycles. The normalized spacial score (nSPS) is 19.3. The van der Waals surface area contributed by atoms with Crippen LogP contribution in [0.1, 0.15) is 35.2 Å². The molecule has 0 saturated carbocycles. The molecule has 0 heterocycles. The fourth-order valence-electron chi connectivity index (χ4n) is 2.36. The molecule has 19 heavy (non-hydrogen) atoms. The van der Waals surface area contributed by atoms with Crippen LogP contribution in [0, 0.1) is 6.92 Å². The van der Waals surface area contributed by atoms with Crippen molar-refractivity contribution in [1.82, 2.24) is 0 Å². The molecule has 5 heteroatoms. The van der Waals surface area contributed by atoms with Crippen LogP contribution in [0.25, 0.3) is 0 Å². The fraction of sp³-hybridized carbons (Fsp3) is 0.357. The molecule has 0 saturated heterocycles. The largest absolute Gasteiger partial charge is 0.478 e. The standard InChI is InChI=1S/C14H16O4S/c1-10-12(14(15)16)8-5-9-13(10)19(17,18)11-6-3-2-4-7-11/h3,5-6,8-9,11H,2,4,7H2,1H3,(H,15,16). The molecule has 1 unspecified atom stereocenters. The Hall–Kier alpha value is -1.62. The first kappa shape index (κ1) is 13.8. The molecule has 1 aromatic rings. The first-order valence-corrected chi connectivity index (χ1v) is 7.72. The van der Waals surface area contributed by atoms with Gasteiger partial charge in [-0.1, -0.05) is 18.2 Å². The van der Waals surface area contributed by atoms with Crippen LogP contribution in [0.3, 0.4) is 0 Å². The third-order valence-electron chi connectivity index (χ3n) is 3.43. The second kappa shape index (κ2) is 5.17. The summed E-state index contributed by atoms with van der Waals surface area (Å²) in [7, 11) is -3.50. The van der Waals surface area contributed by atoms with E-state index in [1.807, 2.05) is 6.08 Å². The fourth-order valence-corrected chi connectivity index (χ4v) is 4.28. The van der Waals surface area contributed by atoms with E-state index in [-0.39, 0.29) is 10.5 Å². The van der Waals surface area contributed by atoms with Crippen molar-refractivity contribution in [2.75, 3.05) is 0 Å². The smallest absolute Gasteiger partial charge is 0.335 e. The maximum Gasteiger partial charge on any atom is 0.335 e. The average molecular weight is 280 g/mol. The van der Waals surface area contributed by atoms with Crippen molar-refractivity contribution < 1.29 is 18.3 Å². The van der Waals surface area contributed by atoms with E-state index in [1.54, 1.807) is 13.0 Å². The molecular weight excluding hydrogens is 264 g/mol. The van der Waals surface area contributed by atoms with Crippen LogP contribution in [-0.2, 0) is 9.84 Å². The minimum absolute atomic E-state index is 0.0425. The van der Waals surface area contributed by atoms with E-state index < -0.39 is 21.1 Å². The van der Waals surface area contributed by atoms with Gasteiger partial charge in [-0.25, -0.2) is 13.2 Å². The first-order chi connectivity index (χ1) is 8.94. The first-order valence-electron chi connectivity index (χ1n) is 6.18. The zero-order chi connectivity index (χ0) is 14.0. The van der Waals surface area contributed by atoms with Gasteiger partial charge in [-0.2, -0.15) is 0 Å². The summed E-state index contributed by atoms with van der Waals surface area (Å²) >= 11 is 0. The zero-order valence-electron chi connectivity index (χ0n) is 10.7. The van der Waals surface area contributed by atoms with E-state index in [1.165, 1.54) is 18.2 Å². The molecule has 0 bridgehead atoms. The van der Waals surface area contributed by atoms with Crippen molar-refractivity contribution in [3.05, 3.63) is 41.5 Å². The van der Waals surface area contributed by atoms with Gasteiger partial charge in [-0.05, 0) is 43.9 Å². The number of hydrogen-bond acceptors (Lipinski definition) is 3. The Kier molecular flexibility index (Phi) is 3.75. The number of aromatic carboxylic acids is 1. The van der Waals surface area contributed by atoms with Gasteiger partial charge in [0, 0.05) is 0 Å². The number of benzene rings is 1. The number of allylic oxidation sites excluding steroid dienone is 1. The van der Waals surface area contributed by atoms with Crippen LogP contribution in [0.5, 0.6) is 0 Å². The van der Waals surface area contributed by atoms with Crippen molar-refractivity contribution in [3.8, 4) is 0 Å². The summed E-state index contributed by atoms with van der Waals surface area (Å²) in [5.74, 6) is -1.10. The highest BCUT2D eigenvalue weighted by Gasteiger charge is 2.28. The SMILES string of the molecule is Cc1c(C(=O)O)cccc1S(=O)(=O)C1C=CCCC1. The molecule has 4 nitrogen and oxygen atoms in total. The summed E-state index contributed by atoms with van der Waals surface area (Å²) in [5, 5.41) is 8.52. The maximum atomic E-state index is 12.5. The molecule has 0 aromatic heterocycles. The van der Waals surface area contributed by atoms with E-state index in [2.05, 4.69) is 0 Å². The molecule has 0 spiro atoms. The lowest BCUT2D eigenvalue weighted by molar-refractivity contribution is 0.0696. The van der Waals surface area contributed by atoms with E-state index in [4.69, 9.17) is 5.11 Å². The number of sulfone groups is 1. The second-order valence-corrected chi connectivity index (χ2v) is 6.81. The Morgan fingerprint density at radius 2 is 2.11 bits per heavy atom. The molecule has 0 fully saturated rings. The Labute approximate surface area is 112 Å². The highest BCUT2D eigenvalue weighted by molar-refractivity contribution is 7.92. The Bertz CT molecular complexity index is 629. The van der Waals surface area contributed by atoms with Crippen molar-refractivity contribution in [2.24, 2.45) is 0 Å².